The normalized spacial score (nSPS) is 16.9. The number of H-pyrrole nitrogens is 1. The van der Waals surface area contributed by atoms with Crippen molar-refractivity contribution in [3.63, 3.8) is 0 Å². The molecule has 1 aromatic carbocycles. The van der Waals surface area contributed by atoms with E-state index in [1.165, 1.54) is 27.7 Å². The van der Waals surface area contributed by atoms with Crippen molar-refractivity contribution in [3.05, 3.63) is 47.4 Å². The van der Waals surface area contributed by atoms with E-state index in [1.54, 1.807) is 7.11 Å². The summed E-state index contributed by atoms with van der Waals surface area (Å²) >= 11 is 0. The maximum atomic E-state index is 5.37. The van der Waals surface area contributed by atoms with Crippen molar-refractivity contribution in [1.82, 2.24) is 20.1 Å². The van der Waals surface area contributed by atoms with E-state index in [-0.39, 0.29) is 18.4 Å². The number of methoxy groups -OCH3 is 1. The van der Waals surface area contributed by atoms with Crippen molar-refractivity contribution in [2.75, 3.05) is 13.7 Å². The molecule has 0 aliphatic carbocycles. The van der Waals surface area contributed by atoms with Gasteiger partial charge in [0.2, 0.25) is 0 Å². The Balaban J connectivity index is 0.00000156. The number of fused-ring (bicyclic) bond motifs is 3. The number of benzene rings is 1. The van der Waals surface area contributed by atoms with Gasteiger partial charge in [0.05, 0.1) is 19.3 Å². The van der Waals surface area contributed by atoms with Crippen molar-refractivity contribution in [3.8, 4) is 5.75 Å². The van der Waals surface area contributed by atoms with Crippen molar-refractivity contribution in [2.45, 2.75) is 25.9 Å². The molecule has 0 fully saturated rings. The Kier molecular flexibility index (Phi) is 4.33. The molecular weight excluding hydrogens is 312 g/mol. The molecule has 4 rings (SSSR count). The van der Waals surface area contributed by atoms with Crippen LogP contribution in [0.1, 0.15) is 29.8 Å². The van der Waals surface area contributed by atoms with Crippen LogP contribution in [0.4, 0.5) is 0 Å². The average molecular weight is 333 g/mol. The molecule has 122 valence electrons. The number of ether oxygens (including phenoxy) is 1. The molecule has 0 amide bonds. The van der Waals surface area contributed by atoms with E-state index in [2.05, 4.69) is 40.7 Å². The minimum Gasteiger partial charge on any atom is -0.497 e. The molecule has 0 spiro atoms. The van der Waals surface area contributed by atoms with Gasteiger partial charge in [-0.05, 0) is 37.1 Å². The van der Waals surface area contributed by atoms with Crippen molar-refractivity contribution < 1.29 is 4.74 Å². The predicted octanol–water partition coefficient (Wildman–Crippen LogP) is 3.05. The van der Waals surface area contributed by atoms with Crippen molar-refractivity contribution in [1.29, 1.82) is 0 Å². The third-order valence-electron chi connectivity index (χ3n) is 4.47. The quantitative estimate of drug-likeness (QED) is 0.775. The number of halogens is 1. The number of rotatable bonds is 3. The Morgan fingerprint density at radius 3 is 3.00 bits per heavy atom. The van der Waals surface area contributed by atoms with Crippen LogP contribution >= 0.6 is 12.4 Å². The van der Waals surface area contributed by atoms with Gasteiger partial charge in [-0.1, -0.05) is 0 Å². The Morgan fingerprint density at radius 2 is 2.26 bits per heavy atom. The first-order chi connectivity index (χ1) is 10.8. The van der Waals surface area contributed by atoms with Gasteiger partial charge in [-0.25, -0.2) is 0 Å². The predicted molar refractivity (Wildman–Crippen MR) is 93.5 cm³/mol. The minimum atomic E-state index is 0. The van der Waals surface area contributed by atoms with Crippen LogP contribution in [0.2, 0.25) is 0 Å². The van der Waals surface area contributed by atoms with Gasteiger partial charge in [0.15, 0.2) is 0 Å². The lowest BCUT2D eigenvalue weighted by Gasteiger charge is -2.23. The van der Waals surface area contributed by atoms with Gasteiger partial charge in [0.1, 0.15) is 5.75 Å². The molecule has 23 heavy (non-hydrogen) atoms. The van der Waals surface area contributed by atoms with Crippen LogP contribution in [-0.2, 0) is 13.0 Å². The monoisotopic (exact) mass is 332 g/mol. The number of nitrogens with zero attached hydrogens (tertiary/aromatic N) is 2. The number of hydrogen-bond donors (Lipinski definition) is 2. The van der Waals surface area contributed by atoms with E-state index in [4.69, 9.17) is 4.74 Å². The maximum Gasteiger partial charge on any atom is 0.119 e. The Morgan fingerprint density at radius 1 is 1.39 bits per heavy atom. The summed E-state index contributed by atoms with van der Waals surface area (Å²) < 4.78 is 7.34. The summed E-state index contributed by atoms with van der Waals surface area (Å²) in [6, 6.07) is 6.41. The third kappa shape index (κ3) is 2.60. The fourth-order valence-corrected chi connectivity index (χ4v) is 3.32. The molecule has 0 radical (unpaired) electrons. The van der Waals surface area contributed by atoms with Gasteiger partial charge in [-0.3, -0.25) is 4.68 Å². The molecule has 3 aromatic rings. The standard InChI is InChI=1S/C17H20N4O.ClH/c1-3-21-10-11(9-19-21)16-17-13(6-7-18-16)14-8-12(22-2)4-5-15(14)20-17;/h4-5,8-10,16,18,20H,3,6-7H2,1-2H3;1H. The molecule has 1 unspecified atom stereocenters. The number of hydrogen-bond acceptors (Lipinski definition) is 3. The highest BCUT2D eigenvalue weighted by atomic mass is 35.5. The van der Waals surface area contributed by atoms with Gasteiger partial charge < -0.3 is 15.0 Å². The lowest BCUT2D eigenvalue weighted by molar-refractivity contribution is 0.415. The van der Waals surface area contributed by atoms with Crippen LogP contribution in [0, 0.1) is 0 Å². The molecule has 1 aliphatic rings. The first kappa shape index (κ1) is 15.9. The van der Waals surface area contributed by atoms with Gasteiger partial charge in [-0.2, -0.15) is 5.10 Å². The van der Waals surface area contributed by atoms with Crippen LogP contribution in [0.3, 0.4) is 0 Å². The highest BCUT2D eigenvalue weighted by molar-refractivity contribution is 5.86. The van der Waals surface area contributed by atoms with E-state index in [1.807, 2.05) is 16.9 Å². The van der Waals surface area contributed by atoms with Gasteiger partial charge in [0, 0.05) is 41.4 Å². The smallest absolute Gasteiger partial charge is 0.119 e. The Bertz CT molecular complexity index is 823. The van der Waals surface area contributed by atoms with E-state index < -0.39 is 0 Å². The van der Waals surface area contributed by atoms with E-state index >= 15 is 0 Å². The van der Waals surface area contributed by atoms with Crippen molar-refractivity contribution >= 4 is 23.3 Å². The molecule has 1 aliphatic heterocycles. The van der Waals surface area contributed by atoms with E-state index in [0.717, 1.165) is 25.3 Å². The van der Waals surface area contributed by atoms with E-state index in [0.29, 0.717) is 0 Å². The molecular formula is C17H21ClN4O. The average Bonchev–Trinajstić information content (AvgIpc) is 3.18. The summed E-state index contributed by atoms with van der Waals surface area (Å²) in [7, 11) is 1.71. The van der Waals surface area contributed by atoms with Gasteiger partial charge >= 0.3 is 0 Å². The highest BCUT2D eigenvalue weighted by Gasteiger charge is 2.26. The Labute approximate surface area is 141 Å². The third-order valence-corrected chi connectivity index (χ3v) is 4.47. The maximum absolute atomic E-state index is 5.37. The molecule has 0 bridgehead atoms. The van der Waals surface area contributed by atoms with Crippen LogP contribution in [0.5, 0.6) is 5.75 Å². The summed E-state index contributed by atoms with van der Waals surface area (Å²) in [6.07, 6.45) is 5.11. The van der Waals surface area contributed by atoms with Crippen molar-refractivity contribution in [2.24, 2.45) is 0 Å². The first-order valence-electron chi connectivity index (χ1n) is 7.74. The molecule has 1 atom stereocenters. The summed E-state index contributed by atoms with van der Waals surface area (Å²) in [5.41, 5.74) is 5.02. The van der Waals surface area contributed by atoms with Crippen LogP contribution in [-0.4, -0.2) is 28.4 Å². The molecule has 2 N–H and O–H groups in total. The van der Waals surface area contributed by atoms with Gasteiger partial charge in [0.25, 0.3) is 0 Å². The second-order valence-electron chi connectivity index (χ2n) is 5.70. The fraction of sp³-hybridized carbons (Fsp3) is 0.353. The molecule has 2 aromatic heterocycles. The molecule has 6 heteroatoms. The zero-order valence-corrected chi connectivity index (χ0v) is 14.1. The Hall–Kier alpha value is -1.98. The number of nitrogens with one attached hydrogen (secondary N) is 2. The minimum absolute atomic E-state index is 0. The highest BCUT2D eigenvalue weighted by Crippen LogP contribution is 2.34. The lowest BCUT2D eigenvalue weighted by Crippen LogP contribution is -2.30. The lowest BCUT2D eigenvalue weighted by atomic mass is 9.96. The number of aromatic amines is 1. The second-order valence-corrected chi connectivity index (χ2v) is 5.70. The molecule has 0 saturated carbocycles. The summed E-state index contributed by atoms with van der Waals surface area (Å²) in [6.45, 7) is 3.97. The number of aryl methyl sites for hydroxylation is 1. The van der Waals surface area contributed by atoms with Crippen LogP contribution in [0.15, 0.2) is 30.6 Å². The zero-order valence-electron chi connectivity index (χ0n) is 13.3. The fourth-order valence-electron chi connectivity index (χ4n) is 3.32. The summed E-state index contributed by atoms with van der Waals surface area (Å²) in [5.74, 6) is 0.906. The summed E-state index contributed by atoms with van der Waals surface area (Å²) in [5, 5.41) is 9.28. The largest absolute Gasteiger partial charge is 0.497 e. The van der Waals surface area contributed by atoms with Crippen LogP contribution < -0.4 is 10.1 Å². The second kappa shape index (κ2) is 6.26. The topological polar surface area (TPSA) is 54.9 Å². The zero-order chi connectivity index (χ0) is 15.1. The molecule has 5 nitrogen and oxygen atoms in total. The first-order valence-corrected chi connectivity index (χ1v) is 7.74. The SMILES string of the molecule is CCn1cc(C2NCCc3c2[nH]c2ccc(OC)cc32)cn1.Cl. The summed E-state index contributed by atoms with van der Waals surface area (Å²) in [4.78, 5) is 3.59. The molecule has 0 saturated heterocycles. The molecule has 3 heterocycles. The van der Waals surface area contributed by atoms with E-state index in [9.17, 15) is 0 Å². The van der Waals surface area contributed by atoms with Gasteiger partial charge in [-0.15, -0.1) is 12.4 Å². The van der Waals surface area contributed by atoms with Crippen LogP contribution in [0.25, 0.3) is 10.9 Å². The number of aromatic nitrogens is 3.